The maximum Gasteiger partial charge on any atom is 0.391 e. The summed E-state index contributed by atoms with van der Waals surface area (Å²) in [6.07, 6.45) is 1.27. The van der Waals surface area contributed by atoms with Gasteiger partial charge in [0.15, 0.2) is 0 Å². The van der Waals surface area contributed by atoms with Crippen molar-refractivity contribution in [2.75, 3.05) is 10.8 Å². The van der Waals surface area contributed by atoms with E-state index >= 15 is 0 Å². The Morgan fingerprint density at radius 2 is 2.00 bits per heavy atom. The third kappa shape index (κ3) is 1.19. The van der Waals surface area contributed by atoms with Gasteiger partial charge in [-0.1, -0.05) is 18.2 Å². The molecule has 0 spiro atoms. The first-order valence-corrected chi connectivity index (χ1v) is 5.97. The summed E-state index contributed by atoms with van der Waals surface area (Å²) in [6, 6.07) is 5.39. The number of nitrogens with zero attached hydrogens (tertiary/aromatic N) is 1. The molecule has 0 aromatic heterocycles. The molecule has 0 amide bonds. The Balaban J connectivity index is 2.71. The average Bonchev–Trinajstić information content (AvgIpc) is 2.38. The van der Waals surface area contributed by atoms with Gasteiger partial charge in [-0.15, -0.1) is 6.58 Å². The molecule has 0 aliphatic carbocycles. The Bertz CT molecular complexity index is 540. The van der Waals surface area contributed by atoms with Gasteiger partial charge in [-0.3, -0.25) is 4.31 Å². The molecule has 1 aliphatic rings. The fourth-order valence-corrected chi connectivity index (χ4v) is 3.10. The zero-order valence-electron chi connectivity index (χ0n) is 8.23. The van der Waals surface area contributed by atoms with Gasteiger partial charge in [-0.2, -0.15) is 17.2 Å². The van der Waals surface area contributed by atoms with Crippen LogP contribution in [0.5, 0.6) is 0 Å². The van der Waals surface area contributed by atoms with Crippen molar-refractivity contribution >= 4 is 15.7 Å². The van der Waals surface area contributed by atoms with Crippen LogP contribution in [0.2, 0.25) is 0 Å². The molecule has 0 bridgehead atoms. The minimum absolute atomic E-state index is 0.0207. The van der Waals surface area contributed by atoms with Gasteiger partial charge < -0.3 is 0 Å². The van der Waals surface area contributed by atoms with Gasteiger partial charge >= 0.3 is 15.3 Å². The largest absolute Gasteiger partial charge is 0.391 e. The Morgan fingerprint density at radius 1 is 1.38 bits per heavy atom. The molecule has 1 heterocycles. The normalized spacial score (nSPS) is 20.5. The smallest absolute Gasteiger partial charge is 0.261 e. The maximum atomic E-state index is 13.6. The summed E-state index contributed by atoms with van der Waals surface area (Å²) in [5.41, 5.74) is -0.454. The highest BCUT2D eigenvalue weighted by Gasteiger charge is 2.57. The van der Waals surface area contributed by atoms with Gasteiger partial charge in [-0.05, 0) is 12.1 Å². The van der Waals surface area contributed by atoms with Crippen molar-refractivity contribution in [1.29, 1.82) is 0 Å². The van der Waals surface area contributed by atoms with E-state index in [-0.39, 0.29) is 12.2 Å². The van der Waals surface area contributed by atoms with Gasteiger partial charge in [0.2, 0.25) is 0 Å². The van der Waals surface area contributed by atoms with Crippen LogP contribution in [0.25, 0.3) is 0 Å². The van der Waals surface area contributed by atoms with E-state index < -0.39 is 20.8 Å². The van der Waals surface area contributed by atoms with Crippen molar-refractivity contribution in [2.24, 2.45) is 0 Å². The quantitative estimate of drug-likeness (QED) is 0.748. The van der Waals surface area contributed by atoms with Crippen molar-refractivity contribution in [2.45, 2.75) is 5.25 Å². The number of hydrogen-bond donors (Lipinski definition) is 0. The fraction of sp³-hybridized carbons (Fsp3) is 0.200. The Kier molecular flexibility index (Phi) is 2.27. The Hall–Kier alpha value is -1.43. The highest BCUT2D eigenvalue weighted by atomic mass is 32.2. The second kappa shape index (κ2) is 3.28. The monoisotopic (exact) mass is 245 g/mol. The molecule has 2 rings (SSSR count). The molecule has 1 aromatic carbocycles. The van der Waals surface area contributed by atoms with Crippen LogP contribution in [0.15, 0.2) is 36.9 Å². The van der Waals surface area contributed by atoms with Crippen LogP contribution in [0.4, 0.5) is 14.5 Å². The number of fused-ring (bicyclic) bond motifs is 1. The maximum absolute atomic E-state index is 13.6. The lowest BCUT2D eigenvalue weighted by molar-refractivity contribution is 0.0951. The predicted molar refractivity (Wildman–Crippen MR) is 56.8 cm³/mol. The van der Waals surface area contributed by atoms with E-state index in [1.165, 1.54) is 24.3 Å². The molecule has 1 aliphatic heterocycles. The predicted octanol–water partition coefficient (Wildman–Crippen LogP) is 2.07. The zero-order valence-corrected chi connectivity index (χ0v) is 9.05. The minimum atomic E-state index is -4.66. The summed E-state index contributed by atoms with van der Waals surface area (Å²) in [6.45, 7) is 3.20. The summed E-state index contributed by atoms with van der Waals surface area (Å²) in [5.74, 6) is 0. The fourth-order valence-electron chi connectivity index (χ4n) is 1.66. The van der Waals surface area contributed by atoms with Crippen molar-refractivity contribution in [3.8, 4) is 0 Å². The SMILES string of the molecule is C=CCN1c2ccccc2C(F)(F)S1(=O)=O. The third-order valence-electron chi connectivity index (χ3n) is 2.40. The summed E-state index contributed by atoms with van der Waals surface area (Å²) in [5, 5.41) is -3.85. The van der Waals surface area contributed by atoms with Crippen LogP contribution < -0.4 is 4.31 Å². The number of alkyl halides is 2. The Morgan fingerprint density at radius 3 is 2.62 bits per heavy atom. The molecule has 86 valence electrons. The van der Waals surface area contributed by atoms with E-state index in [4.69, 9.17) is 0 Å². The summed E-state index contributed by atoms with van der Waals surface area (Å²) in [7, 11) is -4.66. The number of anilines is 1. The van der Waals surface area contributed by atoms with Crippen molar-refractivity contribution in [1.82, 2.24) is 0 Å². The van der Waals surface area contributed by atoms with E-state index in [0.29, 0.717) is 4.31 Å². The molecule has 0 unspecified atom stereocenters. The first-order valence-electron chi connectivity index (χ1n) is 4.53. The lowest BCUT2D eigenvalue weighted by Crippen LogP contribution is -2.34. The number of benzene rings is 1. The highest BCUT2D eigenvalue weighted by molar-refractivity contribution is 7.93. The van der Waals surface area contributed by atoms with Gasteiger partial charge in [0.1, 0.15) is 0 Å². The van der Waals surface area contributed by atoms with E-state index in [2.05, 4.69) is 6.58 Å². The Labute approximate surface area is 92.0 Å². The molecular weight excluding hydrogens is 236 g/mol. The molecule has 0 fully saturated rings. The van der Waals surface area contributed by atoms with E-state index in [0.717, 1.165) is 6.07 Å². The molecule has 0 saturated heterocycles. The van der Waals surface area contributed by atoms with Gasteiger partial charge in [0.05, 0.1) is 17.8 Å². The number of halogens is 2. The molecular formula is C10H9F2NO2S. The van der Waals surface area contributed by atoms with Crippen LogP contribution >= 0.6 is 0 Å². The second-order valence-electron chi connectivity index (χ2n) is 3.36. The first kappa shape index (κ1) is 11.1. The molecule has 3 nitrogen and oxygen atoms in total. The van der Waals surface area contributed by atoms with Gasteiger partial charge in [0.25, 0.3) is 0 Å². The second-order valence-corrected chi connectivity index (χ2v) is 5.26. The zero-order chi connectivity index (χ0) is 12.0. The van der Waals surface area contributed by atoms with E-state index in [1.54, 1.807) is 0 Å². The molecule has 0 saturated carbocycles. The third-order valence-corrected chi connectivity index (χ3v) is 4.19. The summed E-state index contributed by atoms with van der Waals surface area (Å²) >= 11 is 0. The van der Waals surface area contributed by atoms with Crippen molar-refractivity contribution in [3.05, 3.63) is 42.5 Å². The van der Waals surface area contributed by atoms with Crippen LogP contribution in [-0.4, -0.2) is 15.0 Å². The molecule has 6 heteroatoms. The lowest BCUT2D eigenvalue weighted by atomic mass is 10.2. The minimum Gasteiger partial charge on any atom is -0.261 e. The molecule has 1 aromatic rings. The molecule has 16 heavy (non-hydrogen) atoms. The molecule has 0 radical (unpaired) electrons. The molecule has 0 N–H and O–H groups in total. The summed E-state index contributed by atoms with van der Waals surface area (Å²) in [4.78, 5) is 0. The lowest BCUT2D eigenvalue weighted by Gasteiger charge is -2.16. The van der Waals surface area contributed by atoms with Crippen LogP contribution in [0.3, 0.4) is 0 Å². The van der Waals surface area contributed by atoms with E-state index in [9.17, 15) is 17.2 Å². The van der Waals surface area contributed by atoms with Crippen LogP contribution in [-0.2, 0) is 15.3 Å². The number of hydrogen-bond acceptors (Lipinski definition) is 2. The first-order chi connectivity index (χ1) is 7.43. The number of para-hydroxylation sites is 1. The number of rotatable bonds is 2. The number of sulfonamides is 1. The summed E-state index contributed by atoms with van der Waals surface area (Å²) < 4.78 is 51.1. The van der Waals surface area contributed by atoms with Gasteiger partial charge in [-0.25, -0.2) is 0 Å². The highest BCUT2D eigenvalue weighted by Crippen LogP contribution is 2.48. The average molecular weight is 245 g/mol. The van der Waals surface area contributed by atoms with E-state index in [1.807, 2.05) is 0 Å². The molecule has 0 atom stereocenters. The standard InChI is InChI=1S/C10H9F2NO2S/c1-2-7-13-9-6-4-3-5-8(9)10(11,12)16(13,14)15/h2-6H,1,7H2. The van der Waals surface area contributed by atoms with Gasteiger partial charge in [0, 0.05) is 0 Å². The van der Waals surface area contributed by atoms with Crippen LogP contribution in [0, 0.1) is 0 Å². The van der Waals surface area contributed by atoms with Crippen LogP contribution in [0.1, 0.15) is 5.56 Å². The van der Waals surface area contributed by atoms with Crippen molar-refractivity contribution < 1.29 is 17.2 Å². The topological polar surface area (TPSA) is 37.4 Å². The van der Waals surface area contributed by atoms with Crippen molar-refractivity contribution in [3.63, 3.8) is 0 Å².